The van der Waals surface area contributed by atoms with Crippen molar-refractivity contribution < 1.29 is 0 Å². The van der Waals surface area contributed by atoms with Gasteiger partial charge in [-0.3, -0.25) is 4.98 Å². The number of aromatic nitrogens is 3. The number of imidazole rings is 1. The maximum Gasteiger partial charge on any atom is 0.114 e. The van der Waals surface area contributed by atoms with E-state index in [0.29, 0.717) is 5.69 Å². The first-order valence-corrected chi connectivity index (χ1v) is 5.00. The lowest BCUT2D eigenvalue weighted by Gasteiger charge is -2.04. The van der Waals surface area contributed by atoms with Crippen molar-refractivity contribution in [2.45, 2.75) is 19.9 Å². The fourth-order valence-corrected chi connectivity index (χ4v) is 1.50. The molecule has 15 heavy (non-hydrogen) atoms. The third kappa shape index (κ3) is 2.15. The van der Waals surface area contributed by atoms with Crippen LogP contribution in [-0.4, -0.2) is 14.5 Å². The summed E-state index contributed by atoms with van der Waals surface area (Å²) in [7, 11) is 0. The zero-order valence-corrected chi connectivity index (χ0v) is 8.72. The van der Waals surface area contributed by atoms with Gasteiger partial charge in [0.05, 0.1) is 11.9 Å². The van der Waals surface area contributed by atoms with Crippen molar-refractivity contribution in [2.24, 2.45) is 0 Å². The van der Waals surface area contributed by atoms with Gasteiger partial charge in [0.2, 0.25) is 0 Å². The summed E-state index contributed by atoms with van der Waals surface area (Å²) >= 11 is 0. The standard InChI is InChI=1S/C11H14N4/c1-2-15-6-5-13-11(15)7-10-4-3-9(12)8-14-10/h3-6,8H,2,7,12H2,1H3. The van der Waals surface area contributed by atoms with E-state index in [1.54, 1.807) is 6.20 Å². The first-order chi connectivity index (χ1) is 7.29. The van der Waals surface area contributed by atoms with Crippen molar-refractivity contribution in [3.63, 3.8) is 0 Å². The lowest BCUT2D eigenvalue weighted by Crippen LogP contribution is -2.03. The zero-order chi connectivity index (χ0) is 10.7. The molecule has 0 amide bonds. The summed E-state index contributed by atoms with van der Waals surface area (Å²) in [5.41, 5.74) is 7.26. The number of nitrogen functional groups attached to an aromatic ring is 1. The van der Waals surface area contributed by atoms with Gasteiger partial charge in [-0.2, -0.15) is 0 Å². The van der Waals surface area contributed by atoms with Gasteiger partial charge in [0.25, 0.3) is 0 Å². The van der Waals surface area contributed by atoms with Gasteiger partial charge in [-0.25, -0.2) is 4.98 Å². The van der Waals surface area contributed by atoms with Crippen molar-refractivity contribution in [1.82, 2.24) is 14.5 Å². The molecule has 2 aromatic heterocycles. The molecule has 2 aromatic rings. The first kappa shape index (κ1) is 9.71. The van der Waals surface area contributed by atoms with E-state index in [2.05, 4.69) is 21.5 Å². The Kier molecular flexibility index (Phi) is 2.67. The van der Waals surface area contributed by atoms with Gasteiger partial charge >= 0.3 is 0 Å². The Labute approximate surface area is 88.8 Å². The van der Waals surface area contributed by atoms with Crippen LogP contribution >= 0.6 is 0 Å². The molecule has 2 rings (SSSR count). The molecule has 0 aromatic carbocycles. The molecule has 0 bridgehead atoms. The van der Waals surface area contributed by atoms with Gasteiger partial charge in [-0.1, -0.05) is 0 Å². The van der Waals surface area contributed by atoms with Crippen LogP contribution in [0, 0.1) is 0 Å². The Morgan fingerprint density at radius 2 is 2.20 bits per heavy atom. The number of anilines is 1. The zero-order valence-electron chi connectivity index (χ0n) is 8.72. The number of rotatable bonds is 3. The van der Waals surface area contributed by atoms with Gasteiger partial charge in [0, 0.05) is 31.1 Å². The molecule has 0 atom stereocenters. The molecule has 2 N–H and O–H groups in total. The minimum Gasteiger partial charge on any atom is -0.397 e. The lowest BCUT2D eigenvalue weighted by molar-refractivity contribution is 0.708. The number of hydrogen-bond donors (Lipinski definition) is 1. The highest BCUT2D eigenvalue weighted by Gasteiger charge is 2.03. The molecule has 0 aliphatic rings. The molecule has 0 fully saturated rings. The summed E-state index contributed by atoms with van der Waals surface area (Å²) in [5, 5.41) is 0. The third-order valence-electron chi connectivity index (χ3n) is 2.33. The average molecular weight is 202 g/mol. The van der Waals surface area contributed by atoms with Crippen LogP contribution in [0.4, 0.5) is 5.69 Å². The Balaban J connectivity index is 2.18. The minimum atomic E-state index is 0.692. The van der Waals surface area contributed by atoms with Crippen molar-refractivity contribution in [3.05, 3.63) is 42.2 Å². The summed E-state index contributed by atoms with van der Waals surface area (Å²) in [6.45, 7) is 3.03. The van der Waals surface area contributed by atoms with E-state index in [0.717, 1.165) is 24.5 Å². The van der Waals surface area contributed by atoms with Crippen molar-refractivity contribution in [3.8, 4) is 0 Å². The van der Waals surface area contributed by atoms with Crippen molar-refractivity contribution in [2.75, 3.05) is 5.73 Å². The third-order valence-corrected chi connectivity index (χ3v) is 2.33. The second kappa shape index (κ2) is 4.13. The number of pyridine rings is 1. The second-order valence-electron chi connectivity index (χ2n) is 3.39. The fourth-order valence-electron chi connectivity index (χ4n) is 1.50. The molecule has 78 valence electrons. The Hall–Kier alpha value is -1.84. The predicted molar refractivity (Wildman–Crippen MR) is 59.4 cm³/mol. The summed E-state index contributed by atoms with van der Waals surface area (Å²) in [6, 6.07) is 3.80. The maximum atomic E-state index is 5.57. The summed E-state index contributed by atoms with van der Waals surface area (Å²) < 4.78 is 2.11. The smallest absolute Gasteiger partial charge is 0.114 e. The monoisotopic (exact) mass is 202 g/mol. The largest absolute Gasteiger partial charge is 0.397 e. The van der Waals surface area contributed by atoms with Crippen molar-refractivity contribution in [1.29, 1.82) is 0 Å². The molecule has 0 saturated carbocycles. The molecular weight excluding hydrogens is 188 g/mol. The first-order valence-electron chi connectivity index (χ1n) is 5.00. The topological polar surface area (TPSA) is 56.7 Å². The SMILES string of the molecule is CCn1ccnc1Cc1ccc(N)cn1. The molecule has 0 radical (unpaired) electrons. The van der Waals surface area contributed by atoms with Crippen LogP contribution < -0.4 is 5.73 Å². The summed E-state index contributed by atoms with van der Waals surface area (Å²) in [4.78, 5) is 8.55. The molecule has 4 heteroatoms. The molecule has 2 heterocycles. The van der Waals surface area contributed by atoms with Gasteiger partial charge in [0.15, 0.2) is 0 Å². The summed E-state index contributed by atoms with van der Waals surface area (Å²) in [5.74, 6) is 1.04. The van der Waals surface area contributed by atoms with Crippen LogP contribution in [0.2, 0.25) is 0 Å². The fraction of sp³-hybridized carbons (Fsp3) is 0.273. The van der Waals surface area contributed by atoms with Gasteiger partial charge in [-0.15, -0.1) is 0 Å². The van der Waals surface area contributed by atoms with E-state index in [1.165, 1.54) is 0 Å². The Bertz CT molecular complexity index is 430. The second-order valence-corrected chi connectivity index (χ2v) is 3.39. The normalized spacial score (nSPS) is 10.5. The van der Waals surface area contributed by atoms with E-state index >= 15 is 0 Å². The van der Waals surface area contributed by atoms with Crippen LogP contribution in [0.5, 0.6) is 0 Å². The number of nitrogens with zero attached hydrogens (tertiary/aromatic N) is 3. The number of hydrogen-bond acceptors (Lipinski definition) is 3. The van der Waals surface area contributed by atoms with Gasteiger partial charge in [-0.05, 0) is 19.1 Å². The van der Waals surface area contributed by atoms with Crippen LogP contribution in [0.1, 0.15) is 18.4 Å². The molecule has 0 unspecified atom stereocenters. The highest BCUT2D eigenvalue weighted by Crippen LogP contribution is 2.07. The molecular formula is C11H14N4. The Morgan fingerprint density at radius 1 is 1.33 bits per heavy atom. The van der Waals surface area contributed by atoms with Crippen molar-refractivity contribution >= 4 is 5.69 Å². The average Bonchev–Trinajstić information content (AvgIpc) is 2.69. The quantitative estimate of drug-likeness (QED) is 0.820. The lowest BCUT2D eigenvalue weighted by atomic mass is 10.2. The Morgan fingerprint density at radius 3 is 2.87 bits per heavy atom. The van der Waals surface area contributed by atoms with E-state index in [-0.39, 0.29) is 0 Å². The number of aryl methyl sites for hydroxylation is 1. The van der Waals surface area contributed by atoms with Gasteiger partial charge in [0.1, 0.15) is 5.82 Å². The van der Waals surface area contributed by atoms with Crippen LogP contribution in [0.25, 0.3) is 0 Å². The van der Waals surface area contributed by atoms with Gasteiger partial charge < -0.3 is 10.3 Å². The van der Waals surface area contributed by atoms with E-state index < -0.39 is 0 Å². The molecule has 0 aliphatic carbocycles. The number of nitrogens with two attached hydrogens (primary N) is 1. The highest BCUT2D eigenvalue weighted by molar-refractivity contribution is 5.34. The van der Waals surface area contributed by atoms with Crippen LogP contribution in [0.15, 0.2) is 30.7 Å². The van der Waals surface area contributed by atoms with Crippen LogP contribution in [-0.2, 0) is 13.0 Å². The predicted octanol–water partition coefficient (Wildman–Crippen LogP) is 1.47. The van der Waals surface area contributed by atoms with E-state index in [1.807, 2.05) is 24.5 Å². The molecule has 0 spiro atoms. The van der Waals surface area contributed by atoms with Crippen LogP contribution in [0.3, 0.4) is 0 Å². The highest BCUT2D eigenvalue weighted by atomic mass is 15.1. The van der Waals surface area contributed by atoms with E-state index in [9.17, 15) is 0 Å². The molecule has 4 nitrogen and oxygen atoms in total. The minimum absolute atomic E-state index is 0.692. The molecule has 0 saturated heterocycles. The summed E-state index contributed by atoms with van der Waals surface area (Å²) in [6.07, 6.45) is 6.22. The molecule has 0 aliphatic heterocycles. The van der Waals surface area contributed by atoms with E-state index in [4.69, 9.17) is 5.73 Å². The maximum absolute atomic E-state index is 5.57.